The number of hydrogen-bond acceptors (Lipinski definition) is 4. The highest BCUT2D eigenvalue weighted by molar-refractivity contribution is 5.84. The van der Waals surface area contributed by atoms with Crippen molar-refractivity contribution < 1.29 is 19.1 Å². The third-order valence-corrected chi connectivity index (χ3v) is 3.93. The molecule has 2 aromatic rings. The summed E-state index contributed by atoms with van der Waals surface area (Å²) in [4.78, 5) is 25.0. The Kier molecular flexibility index (Phi) is 4.84. The summed E-state index contributed by atoms with van der Waals surface area (Å²) >= 11 is 0. The monoisotopic (exact) mass is 328 g/mol. The van der Waals surface area contributed by atoms with Gasteiger partial charge in [-0.15, -0.1) is 0 Å². The van der Waals surface area contributed by atoms with E-state index in [4.69, 9.17) is 9.47 Å². The van der Waals surface area contributed by atoms with Crippen LogP contribution < -0.4 is 10.1 Å². The van der Waals surface area contributed by atoms with Crippen LogP contribution in [0.15, 0.2) is 42.5 Å². The predicted octanol–water partition coefficient (Wildman–Crippen LogP) is 2.18. The molecule has 1 N–H and O–H groups in total. The number of fused-ring (bicyclic) bond motifs is 1. The van der Waals surface area contributed by atoms with E-state index in [1.165, 1.54) is 0 Å². The summed E-state index contributed by atoms with van der Waals surface area (Å²) < 4.78 is 10.5. The van der Waals surface area contributed by atoms with E-state index in [9.17, 15) is 9.59 Å². The Morgan fingerprint density at radius 2 is 2.08 bits per heavy atom. The topological polar surface area (TPSA) is 67.9 Å². The highest BCUT2D eigenvalue weighted by Crippen LogP contribution is 2.21. The van der Waals surface area contributed by atoms with Crippen molar-refractivity contribution in [3.05, 3.63) is 42.5 Å². The maximum atomic E-state index is 12.1. The van der Waals surface area contributed by atoms with Crippen molar-refractivity contribution in [2.45, 2.75) is 13.0 Å². The van der Waals surface area contributed by atoms with Gasteiger partial charge in [0, 0.05) is 13.1 Å². The first kappa shape index (κ1) is 16.1. The Hall–Kier alpha value is -2.76. The van der Waals surface area contributed by atoms with Crippen molar-refractivity contribution in [2.24, 2.45) is 0 Å². The van der Waals surface area contributed by atoms with Crippen LogP contribution in [0.25, 0.3) is 10.8 Å². The summed E-state index contributed by atoms with van der Waals surface area (Å²) in [6.45, 7) is 3.49. The van der Waals surface area contributed by atoms with Gasteiger partial charge in [-0.3, -0.25) is 4.79 Å². The Morgan fingerprint density at radius 1 is 1.29 bits per heavy atom. The molecule has 1 fully saturated rings. The molecule has 0 radical (unpaired) electrons. The van der Waals surface area contributed by atoms with Crippen molar-refractivity contribution >= 4 is 22.8 Å². The number of hydrogen-bond donors (Lipinski definition) is 1. The van der Waals surface area contributed by atoms with Crippen molar-refractivity contribution in [1.29, 1.82) is 0 Å². The average molecular weight is 328 g/mol. The quantitative estimate of drug-likeness (QED) is 0.882. The van der Waals surface area contributed by atoms with Crippen LogP contribution in [0.5, 0.6) is 5.75 Å². The van der Waals surface area contributed by atoms with Gasteiger partial charge in [0.05, 0.1) is 6.54 Å². The van der Waals surface area contributed by atoms with Crippen molar-refractivity contribution in [3.63, 3.8) is 0 Å². The van der Waals surface area contributed by atoms with E-state index in [0.29, 0.717) is 32.0 Å². The molecule has 126 valence electrons. The fourth-order valence-electron chi connectivity index (χ4n) is 2.58. The summed E-state index contributed by atoms with van der Waals surface area (Å²) in [5.74, 6) is 0.440. The molecule has 1 saturated heterocycles. The van der Waals surface area contributed by atoms with Crippen LogP contribution in [0.1, 0.15) is 6.92 Å². The number of carbonyl (C=O) groups excluding carboxylic acids is 2. The minimum absolute atomic E-state index is 0.212. The van der Waals surface area contributed by atoms with Crippen molar-refractivity contribution in [2.75, 3.05) is 26.2 Å². The first-order valence-corrected chi connectivity index (χ1v) is 7.98. The van der Waals surface area contributed by atoms with Crippen LogP contribution in [-0.4, -0.2) is 49.2 Å². The molecule has 0 bridgehead atoms. The van der Waals surface area contributed by atoms with Crippen LogP contribution in [0.4, 0.5) is 4.79 Å². The maximum absolute atomic E-state index is 12.1. The molecule has 2 aromatic carbocycles. The van der Waals surface area contributed by atoms with E-state index in [-0.39, 0.29) is 12.0 Å². The molecule has 6 nitrogen and oxygen atoms in total. The highest BCUT2D eigenvalue weighted by Gasteiger charge is 2.22. The van der Waals surface area contributed by atoms with E-state index in [1.54, 1.807) is 11.8 Å². The average Bonchev–Trinajstić information content (AvgIpc) is 2.99. The van der Waals surface area contributed by atoms with E-state index >= 15 is 0 Å². The minimum Gasteiger partial charge on any atom is -0.481 e. The minimum atomic E-state index is -0.614. The maximum Gasteiger partial charge on any atom is 0.409 e. The van der Waals surface area contributed by atoms with Gasteiger partial charge in [-0.2, -0.15) is 0 Å². The number of rotatable bonds is 6. The van der Waals surface area contributed by atoms with Crippen molar-refractivity contribution in [3.8, 4) is 5.75 Å². The molecular formula is C18H20N2O4. The Morgan fingerprint density at radius 3 is 2.83 bits per heavy atom. The molecule has 0 unspecified atom stereocenters. The fourth-order valence-corrected chi connectivity index (χ4v) is 2.58. The van der Waals surface area contributed by atoms with Crippen LogP contribution in [0.2, 0.25) is 0 Å². The first-order chi connectivity index (χ1) is 11.6. The summed E-state index contributed by atoms with van der Waals surface area (Å²) in [5, 5.41) is 4.96. The summed E-state index contributed by atoms with van der Waals surface area (Å²) in [6.07, 6.45) is -0.943. The molecule has 1 aliphatic heterocycles. The first-order valence-electron chi connectivity index (χ1n) is 7.98. The molecule has 1 heterocycles. The fraction of sp³-hybridized carbons (Fsp3) is 0.333. The Balaban J connectivity index is 1.50. The number of benzene rings is 2. The summed E-state index contributed by atoms with van der Waals surface area (Å²) in [6, 6.07) is 13.7. The zero-order chi connectivity index (χ0) is 16.9. The Bertz CT molecular complexity index is 747. The molecule has 0 spiro atoms. The highest BCUT2D eigenvalue weighted by atomic mass is 16.6. The van der Waals surface area contributed by atoms with Crippen LogP contribution in [-0.2, 0) is 9.53 Å². The lowest BCUT2D eigenvalue weighted by molar-refractivity contribution is -0.127. The van der Waals surface area contributed by atoms with Gasteiger partial charge in [-0.25, -0.2) is 4.79 Å². The molecule has 2 amide bonds. The van der Waals surface area contributed by atoms with E-state index < -0.39 is 6.10 Å². The molecule has 24 heavy (non-hydrogen) atoms. The lowest BCUT2D eigenvalue weighted by Crippen LogP contribution is -2.41. The molecule has 1 atom stereocenters. The standard InChI is InChI=1S/C18H20N2O4/c1-13(17(21)19-8-9-20-10-11-23-18(20)22)24-16-7-6-14-4-2-3-5-15(14)12-16/h2-7,12-13H,8-11H2,1H3,(H,19,21)/t13-/m0/s1. The third-order valence-electron chi connectivity index (χ3n) is 3.93. The SMILES string of the molecule is C[C@H](Oc1ccc2ccccc2c1)C(=O)NCCN1CCOC1=O. The second-order valence-corrected chi connectivity index (χ2v) is 5.66. The molecule has 0 aromatic heterocycles. The number of ether oxygens (including phenoxy) is 2. The van der Waals surface area contributed by atoms with Crippen LogP contribution >= 0.6 is 0 Å². The summed E-state index contributed by atoms with van der Waals surface area (Å²) in [7, 11) is 0. The van der Waals surface area contributed by atoms with E-state index in [2.05, 4.69) is 5.32 Å². The molecule has 3 rings (SSSR count). The lowest BCUT2D eigenvalue weighted by atomic mass is 10.1. The largest absolute Gasteiger partial charge is 0.481 e. The molecular weight excluding hydrogens is 308 g/mol. The van der Waals surface area contributed by atoms with Gasteiger partial charge in [0.1, 0.15) is 12.4 Å². The third kappa shape index (κ3) is 3.76. The van der Waals surface area contributed by atoms with Gasteiger partial charge in [0.2, 0.25) is 0 Å². The lowest BCUT2D eigenvalue weighted by Gasteiger charge is -2.17. The molecule has 0 aliphatic carbocycles. The zero-order valence-electron chi connectivity index (χ0n) is 13.5. The van der Waals surface area contributed by atoms with Gasteiger partial charge in [-0.1, -0.05) is 30.3 Å². The van der Waals surface area contributed by atoms with Gasteiger partial charge < -0.3 is 19.7 Å². The summed E-state index contributed by atoms with van der Waals surface area (Å²) in [5.41, 5.74) is 0. The molecule has 1 aliphatic rings. The second kappa shape index (κ2) is 7.21. The molecule has 0 saturated carbocycles. The molecule has 6 heteroatoms. The van der Waals surface area contributed by atoms with Gasteiger partial charge in [-0.05, 0) is 29.8 Å². The predicted molar refractivity (Wildman–Crippen MR) is 90.0 cm³/mol. The van der Waals surface area contributed by atoms with Crippen molar-refractivity contribution in [1.82, 2.24) is 10.2 Å². The number of cyclic esters (lactones) is 1. The Labute approximate surface area is 140 Å². The van der Waals surface area contributed by atoms with E-state index in [1.807, 2.05) is 42.5 Å². The number of carbonyl (C=O) groups is 2. The zero-order valence-corrected chi connectivity index (χ0v) is 13.5. The van der Waals surface area contributed by atoms with Crippen LogP contribution in [0.3, 0.4) is 0 Å². The number of amides is 2. The smallest absolute Gasteiger partial charge is 0.409 e. The normalized spacial score (nSPS) is 15.2. The second-order valence-electron chi connectivity index (χ2n) is 5.66. The van der Waals surface area contributed by atoms with Gasteiger partial charge in [0.15, 0.2) is 6.10 Å². The van der Waals surface area contributed by atoms with Gasteiger partial charge in [0.25, 0.3) is 5.91 Å². The number of nitrogens with one attached hydrogen (secondary N) is 1. The van der Waals surface area contributed by atoms with Crippen LogP contribution in [0, 0.1) is 0 Å². The number of nitrogens with zero attached hydrogens (tertiary/aromatic N) is 1. The van der Waals surface area contributed by atoms with Gasteiger partial charge >= 0.3 is 6.09 Å². The van der Waals surface area contributed by atoms with E-state index in [0.717, 1.165) is 10.8 Å².